The summed E-state index contributed by atoms with van der Waals surface area (Å²) in [6.45, 7) is 0. The van der Waals surface area contributed by atoms with Gasteiger partial charge in [-0.15, -0.1) is 0 Å². The third-order valence-electron chi connectivity index (χ3n) is 0. The van der Waals surface area contributed by atoms with Crippen molar-refractivity contribution in [2.75, 3.05) is 0 Å². The smallest absolute Gasteiger partial charge is 0 e. The molecule has 0 aliphatic heterocycles. The summed E-state index contributed by atoms with van der Waals surface area (Å²) in [5.41, 5.74) is 0. The van der Waals surface area contributed by atoms with E-state index in [0.29, 0.717) is 0 Å². The van der Waals surface area contributed by atoms with Crippen molar-refractivity contribution in [2.45, 2.75) is 0 Å². The molecule has 0 saturated heterocycles. The van der Waals surface area contributed by atoms with E-state index >= 15 is 0 Å². The quantitative estimate of drug-likeness (QED) is 0.312. The van der Waals surface area contributed by atoms with Crippen LogP contribution in [0.5, 0.6) is 0 Å². The standard InChI is InChI=1S/Li.OPS/c;1-2-3. The molecule has 0 aromatic rings. The van der Waals surface area contributed by atoms with Crippen molar-refractivity contribution in [1.82, 2.24) is 0 Å². The van der Waals surface area contributed by atoms with Gasteiger partial charge in [0.25, 0.3) is 0 Å². The summed E-state index contributed by atoms with van der Waals surface area (Å²) in [5.74, 6) is 0. The molecular weight excluding hydrogens is 86.0 g/mol. The zero-order valence-electron chi connectivity index (χ0n) is 2.26. The summed E-state index contributed by atoms with van der Waals surface area (Å²) in [5, 5.41) is 0. The Bertz CT molecular complexity index is 29.0. The second-order valence-electron chi connectivity index (χ2n) is 0.0745. The van der Waals surface area contributed by atoms with Crippen molar-refractivity contribution in [3.05, 3.63) is 0 Å². The van der Waals surface area contributed by atoms with Crippen LogP contribution in [0.4, 0.5) is 0 Å². The number of hydrogen-bond acceptors (Lipinski definition) is 2. The molecule has 0 rings (SSSR count). The van der Waals surface area contributed by atoms with E-state index < -0.39 is 0 Å². The van der Waals surface area contributed by atoms with E-state index in [2.05, 4.69) is 11.8 Å². The molecular formula is LiOPS. The van der Waals surface area contributed by atoms with Gasteiger partial charge in [0.1, 0.15) is 0 Å². The normalized spacial score (nSPS) is 3.00. The van der Waals surface area contributed by atoms with Crippen LogP contribution in [-0.2, 0) is 16.4 Å². The van der Waals surface area contributed by atoms with Crippen molar-refractivity contribution >= 4 is 37.9 Å². The van der Waals surface area contributed by atoms with E-state index in [-0.39, 0.29) is 26.1 Å². The van der Waals surface area contributed by atoms with Gasteiger partial charge < -0.3 is 0 Å². The first-order chi connectivity index (χ1) is 1.41. The van der Waals surface area contributed by atoms with Crippen LogP contribution in [0.15, 0.2) is 0 Å². The molecule has 0 aliphatic rings. The minimum atomic E-state index is -0.250. The Hall–Kier alpha value is 1.05. The van der Waals surface area contributed by atoms with Crippen LogP contribution in [0.2, 0.25) is 0 Å². The van der Waals surface area contributed by atoms with Gasteiger partial charge in [0.15, 0.2) is 0 Å². The fraction of sp³-hybridized carbons (Fsp3) is 0. The van der Waals surface area contributed by atoms with Crippen molar-refractivity contribution in [2.24, 2.45) is 0 Å². The Morgan fingerprint density at radius 1 is 1.75 bits per heavy atom. The number of rotatable bonds is 0. The van der Waals surface area contributed by atoms with Crippen molar-refractivity contribution in [3.63, 3.8) is 0 Å². The molecule has 0 fully saturated rings. The van der Waals surface area contributed by atoms with Gasteiger partial charge >= 0.3 is 23.6 Å². The predicted octanol–water partition coefficient (Wildman–Crippen LogP) is 0.359. The summed E-state index contributed by atoms with van der Waals surface area (Å²) in [7, 11) is -0.250. The number of hydrogen-bond donors (Lipinski definition) is 0. The van der Waals surface area contributed by atoms with E-state index in [1.165, 1.54) is 0 Å². The minimum absolute atomic E-state index is 0. The van der Waals surface area contributed by atoms with Crippen LogP contribution in [-0.4, -0.2) is 18.9 Å². The van der Waals surface area contributed by atoms with Gasteiger partial charge in [-0.3, -0.25) is 0 Å². The average Bonchev–Trinajstić information content (AvgIpc) is 0.918. The van der Waals surface area contributed by atoms with Crippen LogP contribution >= 0.6 is 7.24 Å². The van der Waals surface area contributed by atoms with E-state index in [4.69, 9.17) is 4.57 Å². The molecule has 0 amide bonds. The first kappa shape index (κ1) is 8.90. The predicted molar refractivity (Wildman–Crippen MR) is 20.7 cm³/mol. The van der Waals surface area contributed by atoms with Crippen LogP contribution in [0.25, 0.3) is 0 Å². The average molecular weight is 86.0 g/mol. The van der Waals surface area contributed by atoms with Gasteiger partial charge in [-0.05, 0) is 0 Å². The maximum atomic E-state index is 8.72. The Morgan fingerprint density at radius 2 is 1.75 bits per heavy atom. The third kappa shape index (κ3) is 11.6. The maximum absolute atomic E-state index is 8.72. The molecule has 4 heavy (non-hydrogen) atoms. The molecule has 18 valence electrons. The van der Waals surface area contributed by atoms with Crippen molar-refractivity contribution < 1.29 is 4.57 Å². The molecule has 2 radical (unpaired) electrons. The van der Waals surface area contributed by atoms with E-state index in [1.807, 2.05) is 0 Å². The molecule has 0 heterocycles. The molecule has 4 heteroatoms. The maximum Gasteiger partial charge on any atom is 0 e. The monoisotopic (exact) mass is 86.0 g/mol. The summed E-state index contributed by atoms with van der Waals surface area (Å²) < 4.78 is 8.72. The minimum Gasteiger partial charge on any atom is 0 e. The molecule has 0 atom stereocenters. The Balaban J connectivity index is 0. The second kappa shape index (κ2) is 8.97. The molecule has 0 bridgehead atoms. The van der Waals surface area contributed by atoms with Gasteiger partial charge in [-0.25, -0.2) is 0 Å². The van der Waals surface area contributed by atoms with Crippen LogP contribution in [0, 0.1) is 0 Å². The molecule has 0 aromatic heterocycles. The van der Waals surface area contributed by atoms with E-state index in [9.17, 15) is 0 Å². The van der Waals surface area contributed by atoms with Crippen LogP contribution < -0.4 is 0 Å². The van der Waals surface area contributed by atoms with Gasteiger partial charge in [-0.1, -0.05) is 0 Å². The second-order valence-corrected chi connectivity index (χ2v) is 0.671. The van der Waals surface area contributed by atoms with Crippen LogP contribution in [0.3, 0.4) is 0 Å². The van der Waals surface area contributed by atoms with Crippen molar-refractivity contribution in [3.8, 4) is 0 Å². The van der Waals surface area contributed by atoms with Gasteiger partial charge in [0.2, 0.25) is 0 Å². The molecule has 1 nitrogen and oxygen atoms in total. The van der Waals surface area contributed by atoms with Crippen LogP contribution in [0.1, 0.15) is 0 Å². The van der Waals surface area contributed by atoms with E-state index in [1.54, 1.807) is 0 Å². The Labute approximate surface area is 42.8 Å². The van der Waals surface area contributed by atoms with Gasteiger partial charge in [-0.2, -0.15) is 0 Å². The molecule has 0 spiro atoms. The van der Waals surface area contributed by atoms with Crippen molar-refractivity contribution in [1.29, 1.82) is 0 Å². The summed E-state index contributed by atoms with van der Waals surface area (Å²) in [4.78, 5) is 0. The van der Waals surface area contributed by atoms with Gasteiger partial charge in [0, 0.05) is 18.9 Å². The fourth-order valence-electron chi connectivity index (χ4n) is 0. The molecule has 0 saturated carbocycles. The Morgan fingerprint density at radius 3 is 1.75 bits per heavy atom. The molecule has 0 N–H and O–H groups in total. The van der Waals surface area contributed by atoms with Gasteiger partial charge in [0.05, 0.1) is 0 Å². The SMILES string of the molecule is O=[P]=S.[Li]. The topological polar surface area (TPSA) is 17.1 Å². The van der Waals surface area contributed by atoms with E-state index in [0.717, 1.165) is 0 Å². The molecule has 0 aromatic carbocycles. The summed E-state index contributed by atoms with van der Waals surface area (Å²) in [6.07, 6.45) is 0. The molecule has 0 aliphatic carbocycles. The zero-order chi connectivity index (χ0) is 2.71. The first-order valence-electron chi connectivity index (χ1n) is 0.365. The largest absolute Gasteiger partial charge is 0 e. The Kier molecular flexibility index (Phi) is 20.0. The third-order valence-corrected chi connectivity index (χ3v) is 0. The fourth-order valence-corrected chi connectivity index (χ4v) is 0. The summed E-state index contributed by atoms with van der Waals surface area (Å²) >= 11 is 3.81. The summed E-state index contributed by atoms with van der Waals surface area (Å²) in [6, 6.07) is 0. The first-order valence-corrected chi connectivity index (χ1v) is 2.19. The molecule has 0 unspecified atom stereocenters. The zero-order valence-corrected chi connectivity index (χ0v) is 3.97.